The average Bonchev–Trinajstić information content (AvgIpc) is 2.23. The summed E-state index contributed by atoms with van der Waals surface area (Å²) >= 11 is 1.96. The van der Waals surface area contributed by atoms with Crippen LogP contribution in [0.15, 0.2) is 46.9 Å². The summed E-state index contributed by atoms with van der Waals surface area (Å²) in [5.41, 5.74) is 2.72. The van der Waals surface area contributed by atoms with Crippen molar-refractivity contribution < 1.29 is 0 Å². The van der Waals surface area contributed by atoms with Gasteiger partial charge in [0.05, 0.1) is 0 Å². The standard InChI is InChI=1S/C13H14S/c1-11-6-5-9-14-13(11)10-12-7-3-2-4-8-12/h2-4,6-8,10H,5,9H2,1H3/b13-10-. The maximum Gasteiger partial charge on any atom is 0.0104 e. The van der Waals surface area contributed by atoms with Gasteiger partial charge in [-0.05, 0) is 30.6 Å². The van der Waals surface area contributed by atoms with Gasteiger partial charge in [0.15, 0.2) is 0 Å². The Morgan fingerprint density at radius 3 is 2.71 bits per heavy atom. The first-order valence-electron chi connectivity index (χ1n) is 4.93. The zero-order valence-electron chi connectivity index (χ0n) is 8.36. The Kier molecular flexibility index (Phi) is 3.10. The van der Waals surface area contributed by atoms with Crippen LogP contribution in [0.4, 0.5) is 0 Å². The molecule has 1 heteroatoms. The van der Waals surface area contributed by atoms with Gasteiger partial charge in [0.25, 0.3) is 0 Å². The minimum absolute atomic E-state index is 1.21. The van der Waals surface area contributed by atoms with Gasteiger partial charge in [-0.2, -0.15) is 0 Å². The summed E-state index contributed by atoms with van der Waals surface area (Å²) in [6.07, 6.45) is 5.81. The van der Waals surface area contributed by atoms with Gasteiger partial charge in [0.2, 0.25) is 0 Å². The van der Waals surface area contributed by atoms with Crippen LogP contribution in [0.25, 0.3) is 6.08 Å². The van der Waals surface area contributed by atoms with Crippen molar-refractivity contribution in [2.24, 2.45) is 0 Å². The molecule has 0 aromatic heterocycles. The van der Waals surface area contributed by atoms with E-state index < -0.39 is 0 Å². The number of allylic oxidation sites excluding steroid dienone is 2. The lowest BCUT2D eigenvalue weighted by molar-refractivity contribution is 1.19. The molecule has 1 aromatic rings. The van der Waals surface area contributed by atoms with E-state index in [-0.39, 0.29) is 0 Å². The molecule has 1 aliphatic rings. The Morgan fingerprint density at radius 1 is 1.21 bits per heavy atom. The van der Waals surface area contributed by atoms with Crippen LogP contribution >= 0.6 is 11.8 Å². The summed E-state index contributed by atoms with van der Waals surface area (Å²) in [6.45, 7) is 2.20. The summed E-state index contributed by atoms with van der Waals surface area (Å²) in [6, 6.07) is 10.5. The predicted octanol–water partition coefficient (Wildman–Crippen LogP) is 4.11. The summed E-state index contributed by atoms with van der Waals surface area (Å²) in [4.78, 5) is 1.42. The van der Waals surface area contributed by atoms with E-state index >= 15 is 0 Å². The molecule has 0 nitrogen and oxygen atoms in total. The lowest BCUT2D eigenvalue weighted by atomic mass is 10.1. The molecule has 1 aliphatic heterocycles. The second-order valence-electron chi connectivity index (χ2n) is 3.44. The van der Waals surface area contributed by atoms with Gasteiger partial charge >= 0.3 is 0 Å². The van der Waals surface area contributed by atoms with Crippen molar-refractivity contribution >= 4 is 17.8 Å². The van der Waals surface area contributed by atoms with Crippen molar-refractivity contribution in [1.82, 2.24) is 0 Å². The van der Waals surface area contributed by atoms with E-state index in [0.29, 0.717) is 0 Å². The van der Waals surface area contributed by atoms with E-state index in [2.05, 4.69) is 49.4 Å². The van der Waals surface area contributed by atoms with Crippen LogP contribution < -0.4 is 0 Å². The van der Waals surface area contributed by atoms with Crippen molar-refractivity contribution in [2.45, 2.75) is 13.3 Å². The van der Waals surface area contributed by atoms with Gasteiger partial charge < -0.3 is 0 Å². The molecule has 0 atom stereocenters. The summed E-state index contributed by atoms with van der Waals surface area (Å²) in [5.74, 6) is 1.22. The van der Waals surface area contributed by atoms with Gasteiger partial charge in [-0.25, -0.2) is 0 Å². The molecule has 0 bridgehead atoms. The van der Waals surface area contributed by atoms with Crippen LogP contribution in [-0.4, -0.2) is 5.75 Å². The Balaban J connectivity index is 2.26. The Bertz CT molecular complexity index is 360. The molecule has 0 unspecified atom stereocenters. The quantitative estimate of drug-likeness (QED) is 0.660. The first-order chi connectivity index (χ1) is 6.86. The van der Waals surface area contributed by atoms with E-state index in [1.807, 2.05) is 11.8 Å². The Labute approximate surface area is 89.7 Å². The van der Waals surface area contributed by atoms with Crippen LogP contribution in [-0.2, 0) is 0 Å². The summed E-state index contributed by atoms with van der Waals surface area (Å²) in [5, 5.41) is 0. The molecule has 1 heterocycles. The maximum atomic E-state index is 2.32. The highest BCUT2D eigenvalue weighted by Crippen LogP contribution is 2.31. The van der Waals surface area contributed by atoms with Gasteiger partial charge in [-0.15, -0.1) is 11.8 Å². The summed E-state index contributed by atoms with van der Waals surface area (Å²) < 4.78 is 0. The lowest BCUT2D eigenvalue weighted by Gasteiger charge is -2.12. The van der Waals surface area contributed by atoms with Crippen LogP contribution in [0.3, 0.4) is 0 Å². The van der Waals surface area contributed by atoms with Gasteiger partial charge in [-0.1, -0.05) is 36.4 Å². The third kappa shape index (κ3) is 2.30. The molecule has 0 saturated carbocycles. The fraction of sp³-hybridized carbons (Fsp3) is 0.231. The average molecular weight is 202 g/mol. The van der Waals surface area contributed by atoms with Crippen molar-refractivity contribution in [3.8, 4) is 0 Å². The van der Waals surface area contributed by atoms with Gasteiger partial charge in [0, 0.05) is 10.7 Å². The lowest BCUT2D eigenvalue weighted by Crippen LogP contribution is -1.91. The van der Waals surface area contributed by atoms with Crippen molar-refractivity contribution in [3.63, 3.8) is 0 Å². The van der Waals surface area contributed by atoms with Crippen LogP contribution in [0.5, 0.6) is 0 Å². The van der Waals surface area contributed by atoms with Gasteiger partial charge in [0.1, 0.15) is 0 Å². The second-order valence-corrected chi connectivity index (χ2v) is 4.58. The van der Waals surface area contributed by atoms with Crippen molar-refractivity contribution in [1.29, 1.82) is 0 Å². The number of thioether (sulfide) groups is 1. The Morgan fingerprint density at radius 2 is 2.00 bits per heavy atom. The molecule has 0 spiro atoms. The third-order valence-electron chi connectivity index (χ3n) is 2.31. The fourth-order valence-corrected chi connectivity index (χ4v) is 2.50. The van der Waals surface area contributed by atoms with Crippen molar-refractivity contribution in [3.05, 3.63) is 52.4 Å². The van der Waals surface area contributed by atoms with Gasteiger partial charge in [-0.3, -0.25) is 0 Å². The molecule has 0 saturated heterocycles. The topological polar surface area (TPSA) is 0 Å². The zero-order valence-corrected chi connectivity index (χ0v) is 9.18. The number of hydrogen-bond donors (Lipinski definition) is 0. The fourth-order valence-electron chi connectivity index (χ4n) is 1.51. The number of benzene rings is 1. The highest BCUT2D eigenvalue weighted by Gasteiger charge is 2.05. The van der Waals surface area contributed by atoms with E-state index in [9.17, 15) is 0 Å². The largest absolute Gasteiger partial charge is 0.126 e. The highest BCUT2D eigenvalue weighted by molar-refractivity contribution is 8.03. The van der Waals surface area contributed by atoms with Crippen LogP contribution in [0.2, 0.25) is 0 Å². The van der Waals surface area contributed by atoms with E-state index in [0.717, 1.165) is 0 Å². The van der Waals surface area contributed by atoms with E-state index in [1.165, 1.54) is 28.2 Å². The second kappa shape index (κ2) is 4.52. The normalized spacial score (nSPS) is 19.5. The molecule has 72 valence electrons. The zero-order chi connectivity index (χ0) is 9.80. The predicted molar refractivity (Wildman–Crippen MR) is 65.3 cm³/mol. The highest BCUT2D eigenvalue weighted by atomic mass is 32.2. The van der Waals surface area contributed by atoms with Crippen molar-refractivity contribution in [2.75, 3.05) is 5.75 Å². The molecular formula is C13H14S. The summed E-state index contributed by atoms with van der Waals surface area (Å²) in [7, 11) is 0. The van der Waals surface area contributed by atoms with Crippen LogP contribution in [0.1, 0.15) is 18.9 Å². The molecule has 0 radical (unpaired) electrons. The third-order valence-corrected chi connectivity index (χ3v) is 3.50. The van der Waals surface area contributed by atoms with Crippen LogP contribution in [0, 0.1) is 0 Å². The molecule has 14 heavy (non-hydrogen) atoms. The Hall–Kier alpha value is -0.950. The number of rotatable bonds is 1. The molecule has 1 aromatic carbocycles. The first-order valence-corrected chi connectivity index (χ1v) is 5.91. The molecule has 0 amide bonds. The minimum Gasteiger partial charge on any atom is -0.126 e. The monoisotopic (exact) mass is 202 g/mol. The molecule has 2 rings (SSSR count). The van der Waals surface area contributed by atoms with E-state index in [1.54, 1.807) is 0 Å². The number of hydrogen-bond acceptors (Lipinski definition) is 1. The smallest absolute Gasteiger partial charge is 0.0104 e. The molecular weight excluding hydrogens is 188 g/mol. The molecule has 0 fully saturated rings. The first kappa shape index (κ1) is 9.60. The molecule has 0 N–H and O–H groups in total. The molecule has 0 aliphatic carbocycles. The minimum atomic E-state index is 1.21. The SMILES string of the molecule is CC1=CCCS/C1=C\c1ccccc1. The maximum absolute atomic E-state index is 2.32. The van der Waals surface area contributed by atoms with E-state index in [4.69, 9.17) is 0 Å².